The van der Waals surface area contributed by atoms with Gasteiger partial charge in [-0.2, -0.15) is 0 Å². The first-order valence-corrected chi connectivity index (χ1v) is 12.7. The van der Waals surface area contributed by atoms with Crippen LogP contribution in [0.25, 0.3) is 0 Å². The molecule has 3 N–H and O–H groups in total. The molecule has 2 unspecified atom stereocenters. The molecule has 10 nitrogen and oxygen atoms in total. The van der Waals surface area contributed by atoms with Gasteiger partial charge in [0.15, 0.2) is 0 Å². The monoisotopic (exact) mass is 528 g/mol. The van der Waals surface area contributed by atoms with Gasteiger partial charge in [0.05, 0.1) is 33.4 Å². The molecule has 1 aliphatic heterocycles. The first kappa shape index (κ1) is 26.0. The molecule has 2 aliphatic rings. The largest absolute Gasteiger partial charge is 0.742 e. The van der Waals surface area contributed by atoms with Crippen molar-refractivity contribution in [3.63, 3.8) is 0 Å². The number of hydrogen-bond donors (Lipinski definition) is 3. The summed E-state index contributed by atoms with van der Waals surface area (Å²) in [5.74, 6) is -0.850. The van der Waals surface area contributed by atoms with E-state index >= 15 is 0 Å². The molecule has 2 heterocycles. The van der Waals surface area contributed by atoms with Crippen LogP contribution in [0.4, 0.5) is 10.2 Å². The fraction of sp³-hybridized carbons (Fsp3) is 0.545. The van der Waals surface area contributed by atoms with Gasteiger partial charge in [0, 0.05) is 37.0 Å². The van der Waals surface area contributed by atoms with Crippen LogP contribution in [0.1, 0.15) is 42.9 Å². The standard InChI is InChI=1S/C22H28ClFN5O5S/c1-21(2,17(31)12-30)35(34)22(5-6-22)13-27-7-8-28-18(29(27)33)11-25-19(28)20(32)26-10-14-3-4-15(23)16(24)9-14/h3-4,9,11,17,30-31H,5-8,10,12-13H2,1-2H3,(H,26,32)/q-1. The number of rotatable bonds is 9. The van der Waals surface area contributed by atoms with Gasteiger partial charge in [-0.3, -0.25) is 9.00 Å². The second-order valence-electron chi connectivity index (χ2n) is 9.44. The highest BCUT2D eigenvalue weighted by Crippen LogP contribution is 2.47. The van der Waals surface area contributed by atoms with Crippen LogP contribution >= 0.6 is 11.6 Å². The number of benzene rings is 1. The van der Waals surface area contributed by atoms with Crippen LogP contribution in [0.15, 0.2) is 24.4 Å². The number of nitrogens with one attached hydrogen (secondary N) is 1. The number of hydrogen-bond acceptors (Lipinski definition) is 8. The van der Waals surface area contributed by atoms with Gasteiger partial charge >= 0.3 is 0 Å². The molecule has 0 saturated heterocycles. The Morgan fingerprint density at radius 3 is 2.74 bits per heavy atom. The predicted molar refractivity (Wildman–Crippen MR) is 130 cm³/mol. The Kier molecular flexibility index (Phi) is 7.24. The summed E-state index contributed by atoms with van der Waals surface area (Å²) in [6.45, 7) is 3.67. The van der Waals surface area contributed by atoms with Crippen molar-refractivity contribution in [3.8, 4) is 0 Å². The second kappa shape index (κ2) is 9.75. The molecule has 13 heteroatoms. The minimum Gasteiger partial charge on any atom is -0.742 e. The Bertz CT molecular complexity index is 1140. The lowest BCUT2D eigenvalue weighted by molar-refractivity contribution is 0.0701. The zero-order valence-corrected chi connectivity index (χ0v) is 21.0. The lowest BCUT2D eigenvalue weighted by Gasteiger charge is -2.47. The van der Waals surface area contributed by atoms with E-state index in [-0.39, 0.29) is 36.3 Å². The number of carbonyl (C=O) groups is 1. The van der Waals surface area contributed by atoms with Crippen molar-refractivity contribution < 1.29 is 23.6 Å². The van der Waals surface area contributed by atoms with Gasteiger partial charge in [-0.25, -0.2) is 14.4 Å². The van der Waals surface area contributed by atoms with Crippen LogP contribution in [0.2, 0.25) is 5.02 Å². The Hall–Kier alpha value is -2.09. The molecule has 2 aromatic rings. The summed E-state index contributed by atoms with van der Waals surface area (Å²) >= 11 is 5.68. The Balaban J connectivity index is 1.43. The van der Waals surface area contributed by atoms with E-state index in [1.807, 2.05) is 0 Å². The first-order chi connectivity index (χ1) is 16.5. The predicted octanol–water partition coefficient (Wildman–Crippen LogP) is 1.55. The molecule has 1 aromatic carbocycles. The van der Waals surface area contributed by atoms with E-state index in [2.05, 4.69) is 10.3 Å². The van der Waals surface area contributed by atoms with Crippen LogP contribution in [-0.2, 0) is 23.9 Å². The maximum Gasteiger partial charge on any atom is 0.287 e. The molecule has 35 heavy (non-hydrogen) atoms. The summed E-state index contributed by atoms with van der Waals surface area (Å²) in [5.41, 5.74) is 0.527. The van der Waals surface area contributed by atoms with Gasteiger partial charge < -0.3 is 30.5 Å². The van der Waals surface area contributed by atoms with Gasteiger partial charge in [-0.1, -0.05) is 17.7 Å². The summed E-state index contributed by atoms with van der Waals surface area (Å²) in [5, 5.41) is 37.4. The number of nitrogens with zero attached hydrogens (tertiary/aromatic N) is 4. The molecule has 2 atom stereocenters. The zero-order chi connectivity index (χ0) is 25.5. The van der Waals surface area contributed by atoms with Gasteiger partial charge in [0.1, 0.15) is 11.6 Å². The number of halogens is 2. The summed E-state index contributed by atoms with van der Waals surface area (Å²) in [4.78, 5) is 16.8. The minimum absolute atomic E-state index is 0.00700. The van der Waals surface area contributed by atoms with Crippen LogP contribution in [-0.4, -0.2) is 70.2 Å². The quantitative estimate of drug-likeness (QED) is 0.446. The van der Waals surface area contributed by atoms with E-state index in [0.717, 1.165) is 0 Å². The highest BCUT2D eigenvalue weighted by molar-refractivity contribution is 7.88. The lowest BCUT2D eigenvalue weighted by atomic mass is 10.1. The van der Waals surface area contributed by atoms with Crippen molar-refractivity contribution >= 4 is 34.1 Å². The number of amides is 1. The highest BCUT2D eigenvalue weighted by atomic mass is 35.5. The average molecular weight is 529 g/mol. The van der Waals surface area contributed by atoms with Crippen LogP contribution in [0.3, 0.4) is 0 Å². The third-order valence-corrected chi connectivity index (χ3v) is 9.49. The number of aliphatic hydroxyl groups is 2. The lowest BCUT2D eigenvalue weighted by Crippen LogP contribution is -2.54. The number of hydrazine groups is 1. The molecule has 0 spiro atoms. The van der Waals surface area contributed by atoms with E-state index in [0.29, 0.717) is 30.1 Å². The van der Waals surface area contributed by atoms with Gasteiger partial charge in [-0.05, 0) is 44.4 Å². The molecule has 1 saturated carbocycles. The smallest absolute Gasteiger partial charge is 0.287 e. The SMILES string of the molecule is CC(C)(C(O)CO)S(=O)C1(CN2CCn3c(cnc3C(=O)NCc3ccc(Cl)c(F)c3)N2[O-])CC1. The van der Waals surface area contributed by atoms with Gasteiger partial charge in [0.25, 0.3) is 5.91 Å². The van der Waals surface area contributed by atoms with Crippen LogP contribution < -0.4 is 10.5 Å². The fourth-order valence-electron chi connectivity index (χ4n) is 4.20. The number of imidazole rings is 1. The molecule has 1 aromatic heterocycles. The van der Waals surface area contributed by atoms with E-state index in [4.69, 9.17) is 11.6 Å². The van der Waals surface area contributed by atoms with Crippen molar-refractivity contribution in [1.29, 1.82) is 0 Å². The second-order valence-corrected chi connectivity index (χ2v) is 12.3. The minimum atomic E-state index is -1.50. The molecule has 0 bridgehead atoms. The molecule has 1 aliphatic carbocycles. The highest BCUT2D eigenvalue weighted by Gasteiger charge is 2.56. The number of aromatic nitrogens is 2. The maximum absolute atomic E-state index is 13.6. The van der Waals surface area contributed by atoms with Gasteiger partial charge in [-0.15, -0.1) is 0 Å². The van der Waals surface area contributed by atoms with E-state index in [1.165, 1.54) is 27.9 Å². The summed E-state index contributed by atoms with van der Waals surface area (Å²) < 4.78 is 26.7. The van der Waals surface area contributed by atoms with Crippen LogP contribution in [0, 0.1) is 11.0 Å². The number of anilines is 1. The van der Waals surface area contributed by atoms with E-state index < -0.39 is 44.7 Å². The zero-order valence-electron chi connectivity index (χ0n) is 19.4. The molecule has 1 fully saturated rings. The van der Waals surface area contributed by atoms with Gasteiger partial charge in [0.2, 0.25) is 5.82 Å². The number of fused-ring (bicyclic) bond motifs is 1. The third-order valence-electron chi connectivity index (χ3n) is 6.63. The number of aliphatic hydroxyl groups excluding tert-OH is 2. The first-order valence-electron chi connectivity index (χ1n) is 11.2. The summed E-state index contributed by atoms with van der Waals surface area (Å²) in [7, 11) is -1.50. The molecular formula is C22H28ClFN5O5S-. The topological polar surface area (TPSA) is 134 Å². The van der Waals surface area contributed by atoms with Crippen molar-refractivity contribution in [2.24, 2.45) is 0 Å². The van der Waals surface area contributed by atoms with E-state index in [1.54, 1.807) is 19.9 Å². The van der Waals surface area contributed by atoms with Crippen molar-refractivity contribution in [2.45, 2.75) is 55.4 Å². The molecule has 4 rings (SSSR count). The van der Waals surface area contributed by atoms with Crippen molar-refractivity contribution in [3.05, 3.63) is 51.8 Å². The average Bonchev–Trinajstić information content (AvgIpc) is 3.48. The maximum atomic E-state index is 13.6. The third kappa shape index (κ3) is 4.95. The summed E-state index contributed by atoms with van der Waals surface area (Å²) in [6.07, 6.45) is 1.46. The molecule has 1 amide bonds. The Labute approximate surface area is 209 Å². The van der Waals surface area contributed by atoms with E-state index in [9.17, 15) is 28.8 Å². The summed E-state index contributed by atoms with van der Waals surface area (Å²) in [6, 6.07) is 4.24. The number of carbonyl (C=O) groups excluding carboxylic acids is 1. The molecular weight excluding hydrogens is 501 g/mol. The van der Waals surface area contributed by atoms with Crippen molar-refractivity contribution in [2.75, 3.05) is 24.9 Å². The van der Waals surface area contributed by atoms with Crippen LogP contribution in [0.5, 0.6) is 0 Å². The fourth-order valence-corrected chi connectivity index (χ4v) is 6.50. The van der Waals surface area contributed by atoms with Crippen molar-refractivity contribution in [1.82, 2.24) is 19.9 Å². The molecule has 192 valence electrons. The normalized spacial score (nSPS) is 19.2. The Morgan fingerprint density at radius 1 is 1.40 bits per heavy atom. The molecule has 0 radical (unpaired) electrons. The Morgan fingerprint density at radius 2 is 2.11 bits per heavy atom.